The quantitative estimate of drug-likeness (QED) is 0.921. The summed E-state index contributed by atoms with van der Waals surface area (Å²) in [5.41, 5.74) is 0.304. The van der Waals surface area contributed by atoms with Crippen molar-refractivity contribution in [3.8, 4) is 0 Å². The van der Waals surface area contributed by atoms with Gasteiger partial charge in [-0.15, -0.1) is 0 Å². The zero-order valence-electron chi connectivity index (χ0n) is 16.0. The first-order valence-corrected chi connectivity index (χ1v) is 8.98. The van der Waals surface area contributed by atoms with E-state index in [-0.39, 0.29) is 27.9 Å². The minimum Gasteiger partial charge on any atom is -0.338 e. The van der Waals surface area contributed by atoms with Crippen molar-refractivity contribution in [3.63, 3.8) is 0 Å². The lowest BCUT2D eigenvalue weighted by atomic mass is 9.78. The molecule has 1 atom stereocenters. The minimum atomic E-state index is -0.319. The summed E-state index contributed by atoms with van der Waals surface area (Å²) >= 11 is 0. The molecule has 1 aromatic heterocycles. The van der Waals surface area contributed by atoms with Gasteiger partial charge < -0.3 is 9.88 Å². The van der Waals surface area contributed by atoms with Crippen molar-refractivity contribution >= 4 is 5.91 Å². The number of H-pyrrole nitrogens is 1. The number of carbonyl (C=O) groups excluding carboxylic acids is 1. The van der Waals surface area contributed by atoms with E-state index in [0.717, 1.165) is 38.8 Å². The van der Waals surface area contributed by atoms with E-state index in [1.807, 2.05) is 25.7 Å². The minimum absolute atomic E-state index is 0.155. The van der Waals surface area contributed by atoms with Gasteiger partial charge in [-0.3, -0.25) is 9.59 Å². The summed E-state index contributed by atoms with van der Waals surface area (Å²) in [6, 6.07) is 0. The zero-order valence-corrected chi connectivity index (χ0v) is 16.0. The molecular weight excluding hydrogens is 302 g/mol. The molecule has 1 aliphatic rings. The summed E-state index contributed by atoms with van der Waals surface area (Å²) in [5.74, 6) is 0.444. The number of aromatic amines is 1. The number of amides is 1. The van der Waals surface area contributed by atoms with Crippen molar-refractivity contribution in [1.29, 1.82) is 0 Å². The van der Waals surface area contributed by atoms with Gasteiger partial charge in [-0.05, 0) is 31.6 Å². The molecule has 0 aliphatic carbocycles. The maximum Gasteiger partial charge on any atom is 0.264 e. The van der Waals surface area contributed by atoms with Crippen LogP contribution in [0.3, 0.4) is 0 Å². The molecule has 1 aromatic rings. The van der Waals surface area contributed by atoms with Crippen LogP contribution < -0.4 is 5.56 Å². The third-order valence-electron chi connectivity index (χ3n) is 4.95. The van der Waals surface area contributed by atoms with Gasteiger partial charge in [-0.1, -0.05) is 41.0 Å². The van der Waals surface area contributed by atoms with Gasteiger partial charge >= 0.3 is 0 Å². The predicted molar refractivity (Wildman–Crippen MR) is 96.4 cm³/mol. The standard InChI is InChI=1S/C19H31N3O2/c1-7-9-19(6)10-8-11-22(12-19)16(24)14-13(2)20-17(18(3,4)5)21-15(14)23/h7-12H2,1-6H3,(H,20,21,23). The number of aromatic nitrogens is 2. The van der Waals surface area contributed by atoms with Crippen molar-refractivity contribution in [3.05, 3.63) is 27.4 Å². The first-order valence-electron chi connectivity index (χ1n) is 8.98. The number of piperidine rings is 1. The molecule has 1 N–H and O–H groups in total. The van der Waals surface area contributed by atoms with E-state index in [2.05, 4.69) is 23.8 Å². The van der Waals surface area contributed by atoms with Crippen molar-refractivity contribution in [1.82, 2.24) is 14.9 Å². The van der Waals surface area contributed by atoms with Crippen LogP contribution in [-0.4, -0.2) is 33.9 Å². The van der Waals surface area contributed by atoms with Crippen LogP contribution in [0.25, 0.3) is 0 Å². The molecule has 2 heterocycles. The molecule has 1 fully saturated rings. The number of rotatable bonds is 3. The van der Waals surface area contributed by atoms with Crippen LogP contribution in [0.5, 0.6) is 0 Å². The highest BCUT2D eigenvalue weighted by atomic mass is 16.2. The number of hydrogen-bond acceptors (Lipinski definition) is 3. The first kappa shape index (κ1) is 18.7. The molecule has 24 heavy (non-hydrogen) atoms. The lowest BCUT2D eigenvalue weighted by Crippen LogP contribution is -2.46. The summed E-state index contributed by atoms with van der Waals surface area (Å²) in [6.07, 6.45) is 4.35. The number of nitrogens with zero attached hydrogens (tertiary/aromatic N) is 2. The summed E-state index contributed by atoms with van der Waals surface area (Å²) in [6.45, 7) is 13.6. The molecule has 5 nitrogen and oxygen atoms in total. The van der Waals surface area contributed by atoms with Crippen LogP contribution in [-0.2, 0) is 5.41 Å². The molecule has 1 aliphatic heterocycles. The van der Waals surface area contributed by atoms with Crippen molar-refractivity contribution < 1.29 is 4.79 Å². The largest absolute Gasteiger partial charge is 0.338 e. The monoisotopic (exact) mass is 333 g/mol. The van der Waals surface area contributed by atoms with Crippen LogP contribution in [0.1, 0.15) is 82.2 Å². The lowest BCUT2D eigenvalue weighted by molar-refractivity contribution is 0.0527. The number of aryl methyl sites for hydroxylation is 1. The van der Waals surface area contributed by atoms with Gasteiger partial charge in [0, 0.05) is 18.5 Å². The molecule has 0 spiro atoms. The molecule has 0 aromatic carbocycles. The first-order chi connectivity index (χ1) is 11.1. The number of hydrogen-bond donors (Lipinski definition) is 1. The fourth-order valence-electron chi connectivity index (χ4n) is 3.65. The van der Waals surface area contributed by atoms with Gasteiger partial charge in [0.05, 0.1) is 5.69 Å². The van der Waals surface area contributed by atoms with E-state index < -0.39 is 0 Å². The van der Waals surface area contributed by atoms with Crippen LogP contribution in [0.15, 0.2) is 4.79 Å². The third kappa shape index (κ3) is 3.87. The second-order valence-electron chi connectivity index (χ2n) is 8.52. The Kier molecular flexibility index (Phi) is 5.21. The average molecular weight is 333 g/mol. The average Bonchev–Trinajstić information content (AvgIpc) is 2.45. The van der Waals surface area contributed by atoms with Crippen molar-refractivity contribution in [2.45, 2.75) is 72.6 Å². The van der Waals surface area contributed by atoms with Crippen LogP contribution in [0.2, 0.25) is 0 Å². The molecule has 2 rings (SSSR count). The highest BCUT2D eigenvalue weighted by Gasteiger charge is 2.34. The van der Waals surface area contributed by atoms with E-state index in [9.17, 15) is 9.59 Å². The van der Waals surface area contributed by atoms with E-state index in [1.54, 1.807) is 6.92 Å². The molecule has 0 saturated carbocycles. The van der Waals surface area contributed by atoms with Crippen molar-refractivity contribution in [2.24, 2.45) is 5.41 Å². The van der Waals surface area contributed by atoms with Gasteiger partial charge in [0.1, 0.15) is 11.4 Å². The molecule has 134 valence electrons. The summed E-state index contributed by atoms with van der Waals surface area (Å²) in [7, 11) is 0. The molecule has 5 heteroatoms. The fourth-order valence-corrected chi connectivity index (χ4v) is 3.65. The fraction of sp³-hybridized carbons (Fsp3) is 0.737. The lowest BCUT2D eigenvalue weighted by Gasteiger charge is -2.40. The second kappa shape index (κ2) is 6.69. The SMILES string of the molecule is CCCC1(C)CCCN(C(=O)c2c(C)nc(C(C)(C)C)[nH]c2=O)C1. The zero-order chi connectivity index (χ0) is 18.1. The maximum absolute atomic E-state index is 13.0. The van der Waals surface area contributed by atoms with Gasteiger partial charge in [0.15, 0.2) is 0 Å². The van der Waals surface area contributed by atoms with Crippen LogP contribution in [0, 0.1) is 12.3 Å². The van der Waals surface area contributed by atoms with Crippen LogP contribution >= 0.6 is 0 Å². The highest BCUT2D eigenvalue weighted by Crippen LogP contribution is 2.34. The van der Waals surface area contributed by atoms with Gasteiger partial charge in [0.25, 0.3) is 11.5 Å². The van der Waals surface area contributed by atoms with E-state index in [4.69, 9.17) is 0 Å². The Morgan fingerprint density at radius 1 is 1.38 bits per heavy atom. The Labute approximate surface area is 144 Å². The number of likely N-dealkylation sites (tertiary alicyclic amines) is 1. The molecule has 0 bridgehead atoms. The Hall–Kier alpha value is -1.65. The smallest absolute Gasteiger partial charge is 0.264 e. The van der Waals surface area contributed by atoms with E-state index in [0.29, 0.717) is 11.5 Å². The van der Waals surface area contributed by atoms with E-state index in [1.165, 1.54) is 0 Å². The van der Waals surface area contributed by atoms with Crippen molar-refractivity contribution in [2.75, 3.05) is 13.1 Å². The third-order valence-corrected chi connectivity index (χ3v) is 4.95. The van der Waals surface area contributed by atoms with Gasteiger partial charge in [-0.2, -0.15) is 0 Å². The Morgan fingerprint density at radius 3 is 2.58 bits per heavy atom. The Balaban J connectivity index is 2.32. The summed E-state index contributed by atoms with van der Waals surface area (Å²) < 4.78 is 0. The predicted octanol–water partition coefficient (Wildman–Crippen LogP) is 3.42. The van der Waals surface area contributed by atoms with Gasteiger partial charge in [0.2, 0.25) is 0 Å². The van der Waals surface area contributed by atoms with Gasteiger partial charge in [-0.25, -0.2) is 4.98 Å². The molecule has 1 amide bonds. The molecule has 1 saturated heterocycles. The molecular formula is C19H31N3O2. The number of nitrogens with one attached hydrogen (secondary N) is 1. The Bertz CT molecular complexity index is 668. The van der Waals surface area contributed by atoms with E-state index >= 15 is 0 Å². The number of carbonyl (C=O) groups is 1. The summed E-state index contributed by atoms with van der Waals surface area (Å²) in [4.78, 5) is 34.6. The molecule has 1 unspecified atom stereocenters. The molecule has 0 radical (unpaired) electrons. The normalized spacial score (nSPS) is 21.8. The maximum atomic E-state index is 13.0. The summed E-state index contributed by atoms with van der Waals surface area (Å²) in [5, 5.41) is 0. The Morgan fingerprint density at radius 2 is 2.04 bits per heavy atom. The van der Waals surface area contributed by atoms with Crippen LogP contribution in [0.4, 0.5) is 0 Å². The highest BCUT2D eigenvalue weighted by molar-refractivity contribution is 5.95. The second-order valence-corrected chi connectivity index (χ2v) is 8.52. The topological polar surface area (TPSA) is 66.1 Å².